The van der Waals surface area contributed by atoms with Gasteiger partial charge in [0.15, 0.2) is 11.6 Å². The van der Waals surface area contributed by atoms with E-state index < -0.39 is 0 Å². The van der Waals surface area contributed by atoms with Gasteiger partial charge in [-0.3, -0.25) is 4.68 Å². The van der Waals surface area contributed by atoms with Gasteiger partial charge in [0.25, 0.3) is 0 Å². The molecule has 1 aromatic carbocycles. The lowest BCUT2D eigenvalue weighted by molar-refractivity contribution is 0.0904. The Bertz CT molecular complexity index is 674. The Kier molecular flexibility index (Phi) is 5.48. The van der Waals surface area contributed by atoms with E-state index in [2.05, 4.69) is 23.5 Å². The van der Waals surface area contributed by atoms with Gasteiger partial charge in [-0.2, -0.15) is 5.10 Å². The third-order valence-corrected chi connectivity index (χ3v) is 4.47. The van der Waals surface area contributed by atoms with Crippen molar-refractivity contribution in [3.63, 3.8) is 0 Å². The maximum absolute atomic E-state index is 13.7. The second-order valence-corrected chi connectivity index (χ2v) is 6.07. The highest BCUT2D eigenvalue weighted by Crippen LogP contribution is 2.33. The third kappa shape index (κ3) is 3.76. The summed E-state index contributed by atoms with van der Waals surface area (Å²) in [6.45, 7) is 5.15. The Morgan fingerprint density at radius 3 is 3.04 bits per heavy atom. The van der Waals surface area contributed by atoms with E-state index >= 15 is 0 Å². The van der Waals surface area contributed by atoms with Crippen LogP contribution in [0, 0.1) is 11.7 Å². The first-order valence-electron chi connectivity index (χ1n) is 8.38. The van der Waals surface area contributed by atoms with Crippen LogP contribution in [0.1, 0.15) is 30.6 Å². The molecule has 5 nitrogen and oxygen atoms in total. The van der Waals surface area contributed by atoms with Gasteiger partial charge >= 0.3 is 0 Å². The summed E-state index contributed by atoms with van der Waals surface area (Å²) in [5.41, 5.74) is 2.04. The van der Waals surface area contributed by atoms with Crippen LogP contribution in [0.5, 0.6) is 5.75 Å². The van der Waals surface area contributed by atoms with Gasteiger partial charge in [-0.05, 0) is 31.0 Å². The summed E-state index contributed by atoms with van der Waals surface area (Å²) in [5.74, 6) is 0.351. The zero-order valence-corrected chi connectivity index (χ0v) is 14.2. The maximum atomic E-state index is 13.7. The van der Waals surface area contributed by atoms with Crippen molar-refractivity contribution in [2.75, 3.05) is 20.3 Å². The third-order valence-electron chi connectivity index (χ3n) is 4.47. The van der Waals surface area contributed by atoms with Crippen LogP contribution in [0.15, 0.2) is 30.6 Å². The van der Waals surface area contributed by atoms with Gasteiger partial charge < -0.3 is 14.8 Å². The van der Waals surface area contributed by atoms with Crippen LogP contribution in [-0.2, 0) is 17.8 Å². The molecule has 1 aliphatic heterocycles. The number of rotatable bonds is 7. The second kappa shape index (κ2) is 7.77. The molecule has 1 N–H and O–H groups in total. The molecular weight excluding hydrogens is 309 g/mol. The first kappa shape index (κ1) is 16.9. The zero-order chi connectivity index (χ0) is 16.9. The smallest absolute Gasteiger partial charge is 0.165 e. The maximum Gasteiger partial charge on any atom is 0.165 e. The number of nitrogens with zero attached hydrogens (tertiary/aromatic N) is 2. The minimum atomic E-state index is -0.328. The van der Waals surface area contributed by atoms with E-state index in [0.717, 1.165) is 37.2 Å². The number of aromatic nitrogens is 2. The average molecular weight is 333 g/mol. The molecule has 0 amide bonds. The van der Waals surface area contributed by atoms with E-state index in [0.29, 0.717) is 12.5 Å². The fourth-order valence-corrected chi connectivity index (χ4v) is 3.13. The normalized spacial score (nSPS) is 20.5. The van der Waals surface area contributed by atoms with Gasteiger partial charge in [0.2, 0.25) is 0 Å². The van der Waals surface area contributed by atoms with E-state index in [1.54, 1.807) is 6.07 Å². The highest BCUT2D eigenvalue weighted by molar-refractivity contribution is 5.29. The lowest BCUT2D eigenvalue weighted by atomic mass is 9.97. The number of benzene rings is 1. The Morgan fingerprint density at radius 2 is 2.33 bits per heavy atom. The second-order valence-electron chi connectivity index (χ2n) is 6.07. The van der Waals surface area contributed by atoms with Crippen molar-refractivity contribution in [2.45, 2.75) is 32.5 Å². The van der Waals surface area contributed by atoms with Crippen LogP contribution in [0.25, 0.3) is 0 Å². The molecule has 0 radical (unpaired) electrons. The summed E-state index contributed by atoms with van der Waals surface area (Å²) in [5, 5.41) is 7.74. The quantitative estimate of drug-likeness (QED) is 0.846. The van der Waals surface area contributed by atoms with E-state index in [4.69, 9.17) is 9.47 Å². The highest BCUT2D eigenvalue weighted by atomic mass is 19.1. The van der Waals surface area contributed by atoms with Crippen molar-refractivity contribution in [3.8, 4) is 5.75 Å². The van der Waals surface area contributed by atoms with Gasteiger partial charge in [-0.15, -0.1) is 0 Å². The molecule has 0 aliphatic carbocycles. The van der Waals surface area contributed by atoms with Crippen molar-refractivity contribution in [3.05, 3.63) is 47.5 Å². The van der Waals surface area contributed by atoms with Crippen LogP contribution >= 0.6 is 0 Å². The molecule has 0 unspecified atom stereocenters. The fraction of sp³-hybridized carbons (Fsp3) is 0.500. The molecule has 1 aromatic heterocycles. The molecular formula is C18H24FN3O2. The molecule has 24 heavy (non-hydrogen) atoms. The standard InChI is InChI=1S/C18H24FN3O2/c1-3-22-12-15(11-21-22)18-14(6-7-24-18)10-20-9-13-4-5-17(23-2)16(19)8-13/h4-5,8,11-12,14,18,20H,3,6-7,9-10H2,1-2H3/t14-,18+/m1/s1. The van der Waals surface area contributed by atoms with Crippen LogP contribution in [-0.4, -0.2) is 30.0 Å². The van der Waals surface area contributed by atoms with Crippen LogP contribution < -0.4 is 10.1 Å². The molecule has 0 saturated carbocycles. The fourth-order valence-electron chi connectivity index (χ4n) is 3.13. The van der Waals surface area contributed by atoms with Crippen LogP contribution in [0.3, 0.4) is 0 Å². The molecule has 1 fully saturated rings. The summed E-state index contributed by atoms with van der Waals surface area (Å²) in [6, 6.07) is 5.05. The minimum Gasteiger partial charge on any atom is -0.494 e. The Labute approximate surface area is 141 Å². The number of hydrogen-bond acceptors (Lipinski definition) is 4. The van der Waals surface area contributed by atoms with E-state index in [9.17, 15) is 4.39 Å². The van der Waals surface area contributed by atoms with Crippen LogP contribution in [0.2, 0.25) is 0 Å². The summed E-state index contributed by atoms with van der Waals surface area (Å²) in [6.07, 6.45) is 5.06. The Hall–Kier alpha value is -1.92. The number of halogens is 1. The number of nitrogens with one attached hydrogen (secondary N) is 1. The van der Waals surface area contributed by atoms with Crippen molar-refractivity contribution in [2.24, 2.45) is 5.92 Å². The topological polar surface area (TPSA) is 48.3 Å². The Morgan fingerprint density at radius 1 is 1.46 bits per heavy atom. The van der Waals surface area contributed by atoms with Crippen molar-refractivity contribution in [1.29, 1.82) is 0 Å². The lowest BCUT2D eigenvalue weighted by Crippen LogP contribution is -2.24. The number of aryl methyl sites for hydroxylation is 1. The van der Waals surface area contributed by atoms with Gasteiger partial charge in [0.05, 0.1) is 19.4 Å². The molecule has 3 rings (SSSR count). The predicted octanol–water partition coefficient (Wildman–Crippen LogP) is 2.92. The molecule has 6 heteroatoms. The van der Waals surface area contributed by atoms with Crippen LogP contribution in [0.4, 0.5) is 4.39 Å². The molecule has 1 aliphatic rings. The molecule has 0 spiro atoms. The predicted molar refractivity (Wildman–Crippen MR) is 89.4 cm³/mol. The molecule has 2 heterocycles. The summed E-state index contributed by atoms with van der Waals surface area (Å²) in [4.78, 5) is 0. The lowest BCUT2D eigenvalue weighted by Gasteiger charge is -2.18. The number of ether oxygens (including phenoxy) is 2. The van der Waals surface area contributed by atoms with Gasteiger partial charge in [-0.25, -0.2) is 4.39 Å². The largest absolute Gasteiger partial charge is 0.494 e. The number of methoxy groups -OCH3 is 1. The van der Waals surface area contributed by atoms with Gasteiger partial charge in [0.1, 0.15) is 0 Å². The van der Waals surface area contributed by atoms with Gasteiger partial charge in [-0.1, -0.05) is 6.07 Å². The molecule has 2 aromatic rings. The van der Waals surface area contributed by atoms with Crippen molar-refractivity contribution >= 4 is 0 Å². The summed E-state index contributed by atoms with van der Waals surface area (Å²) in [7, 11) is 1.47. The molecule has 2 atom stereocenters. The van der Waals surface area contributed by atoms with E-state index in [1.807, 2.05) is 16.9 Å². The SMILES string of the molecule is CCn1cc([C@H]2OCC[C@@H]2CNCc2ccc(OC)c(F)c2)cn1. The van der Waals surface area contributed by atoms with Gasteiger partial charge in [0, 0.05) is 43.9 Å². The first-order valence-corrected chi connectivity index (χ1v) is 8.38. The van der Waals surface area contributed by atoms with Crippen molar-refractivity contribution < 1.29 is 13.9 Å². The van der Waals surface area contributed by atoms with E-state index in [-0.39, 0.29) is 17.7 Å². The number of hydrogen-bond donors (Lipinski definition) is 1. The Balaban J connectivity index is 1.54. The zero-order valence-electron chi connectivity index (χ0n) is 14.2. The minimum absolute atomic E-state index is 0.0883. The monoisotopic (exact) mass is 333 g/mol. The summed E-state index contributed by atoms with van der Waals surface area (Å²) >= 11 is 0. The first-order chi connectivity index (χ1) is 11.7. The summed E-state index contributed by atoms with van der Waals surface area (Å²) < 4.78 is 26.5. The highest BCUT2D eigenvalue weighted by Gasteiger charge is 2.30. The van der Waals surface area contributed by atoms with E-state index in [1.165, 1.54) is 13.2 Å². The molecule has 0 bridgehead atoms. The average Bonchev–Trinajstić information content (AvgIpc) is 3.23. The molecule has 130 valence electrons. The van der Waals surface area contributed by atoms with Crippen molar-refractivity contribution in [1.82, 2.24) is 15.1 Å². The molecule has 1 saturated heterocycles.